The Bertz CT molecular complexity index is 799. The molecule has 0 spiro atoms. The van der Waals surface area contributed by atoms with E-state index in [1.54, 1.807) is 41.3 Å². The van der Waals surface area contributed by atoms with Crippen molar-refractivity contribution in [1.29, 1.82) is 0 Å². The van der Waals surface area contributed by atoms with Crippen LogP contribution in [0.15, 0.2) is 37.1 Å². The van der Waals surface area contributed by atoms with Crippen LogP contribution in [0, 0.1) is 6.92 Å². The van der Waals surface area contributed by atoms with Crippen molar-refractivity contribution in [3.05, 3.63) is 41.9 Å². The number of nitrogens with one attached hydrogen (secondary N) is 1. The van der Waals surface area contributed by atoms with Gasteiger partial charge in [0.15, 0.2) is 10.9 Å². The Hall–Kier alpha value is -2.81. The van der Waals surface area contributed by atoms with E-state index in [0.717, 1.165) is 4.88 Å². The number of aromatic nitrogens is 5. The van der Waals surface area contributed by atoms with Crippen LogP contribution < -0.4 is 10.2 Å². The number of hydrogen-bond donors (Lipinski definition) is 1. The first-order valence-corrected chi connectivity index (χ1v) is 7.69. The molecule has 0 unspecified atom stereocenters. The van der Waals surface area contributed by atoms with Gasteiger partial charge in [0, 0.05) is 36.6 Å². The molecule has 0 saturated heterocycles. The molecule has 3 heterocycles. The van der Waals surface area contributed by atoms with Crippen molar-refractivity contribution in [3.8, 4) is 5.82 Å². The lowest BCUT2D eigenvalue weighted by Crippen LogP contribution is -2.30. The number of rotatable bonds is 5. The summed E-state index contributed by atoms with van der Waals surface area (Å²) in [4.78, 5) is 27.3. The van der Waals surface area contributed by atoms with Gasteiger partial charge in [-0.25, -0.2) is 19.6 Å². The molecule has 0 aliphatic carbocycles. The van der Waals surface area contributed by atoms with E-state index in [4.69, 9.17) is 0 Å². The van der Waals surface area contributed by atoms with Crippen molar-refractivity contribution in [2.75, 3.05) is 23.8 Å². The molecule has 3 aromatic heterocycles. The van der Waals surface area contributed by atoms with Gasteiger partial charge in [0.1, 0.15) is 12.1 Å². The molecule has 0 bridgehead atoms. The van der Waals surface area contributed by atoms with E-state index in [2.05, 4.69) is 25.4 Å². The topological polar surface area (TPSA) is 88.8 Å². The number of carbonyl (C=O) groups excluding carboxylic acids is 1. The molecule has 23 heavy (non-hydrogen) atoms. The maximum atomic E-state index is 12.1. The molecule has 118 valence electrons. The van der Waals surface area contributed by atoms with E-state index < -0.39 is 0 Å². The summed E-state index contributed by atoms with van der Waals surface area (Å²) >= 11 is 1.44. The number of anilines is 2. The molecule has 0 saturated carbocycles. The van der Waals surface area contributed by atoms with Crippen molar-refractivity contribution in [1.82, 2.24) is 24.7 Å². The number of amides is 1. The van der Waals surface area contributed by atoms with Crippen LogP contribution in [0.1, 0.15) is 4.88 Å². The second kappa shape index (κ2) is 6.53. The van der Waals surface area contributed by atoms with Gasteiger partial charge in [-0.1, -0.05) is 0 Å². The van der Waals surface area contributed by atoms with Crippen molar-refractivity contribution in [3.63, 3.8) is 0 Å². The van der Waals surface area contributed by atoms with Gasteiger partial charge in [-0.15, -0.1) is 11.3 Å². The molecule has 0 aromatic carbocycles. The van der Waals surface area contributed by atoms with Gasteiger partial charge >= 0.3 is 0 Å². The lowest BCUT2D eigenvalue weighted by atomic mass is 10.4. The summed E-state index contributed by atoms with van der Waals surface area (Å²) in [6.45, 7) is 2.10. The Morgan fingerprint density at radius 2 is 2.26 bits per heavy atom. The lowest BCUT2D eigenvalue weighted by molar-refractivity contribution is -0.114. The van der Waals surface area contributed by atoms with Crippen molar-refractivity contribution < 1.29 is 4.79 Å². The molecule has 0 atom stereocenters. The summed E-state index contributed by atoms with van der Waals surface area (Å²) in [5.41, 5.74) is 0. The van der Waals surface area contributed by atoms with Crippen LogP contribution in [0.4, 0.5) is 10.9 Å². The van der Waals surface area contributed by atoms with E-state index in [-0.39, 0.29) is 12.5 Å². The predicted molar refractivity (Wildman–Crippen MR) is 87.9 cm³/mol. The Balaban J connectivity index is 1.67. The monoisotopic (exact) mass is 329 g/mol. The first-order chi connectivity index (χ1) is 11.1. The standard InChI is InChI=1S/C14H15N7OS/c1-10-7-15-14(23-10)19-13(22)8-20(2)11-6-12(17-9-16-11)21-5-3-4-18-21/h3-7,9H,8H2,1-2H3,(H,15,19,22). The molecule has 0 radical (unpaired) electrons. The zero-order chi connectivity index (χ0) is 16.2. The van der Waals surface area contributed by atoms with E-state index >= 15 is 0 Å². The zero-order valence-electron chi connectivity index (χ0n) is 12.7. The van der Waals surface area contributed by atoms with Crippen LogP contribution in [0.2, 0.25) is 0 Å². The number of thiazole rings is 1. The lowest BCUT2D eigenvalue weighted by Gasteiger charge is -2.17. The highest BCUT2D eigenvalue weighted by molar-refractivity contribution is 7.15. The number of aryl methyl sites for hydroxylation is 1. The third kappa shape index (κ3) is 3.69. The maximum Gasteiger partial charge on any atom is 0.245 e. The molecule has 0 aliphatic rings. The van der Waals surface area contributed by atoms with Crippen LogP contribution in [0.25, 0.3) is 5.82 Å². The number of nitrogens with zero attached hydrogens (tertiary/aromatic N) is 6. The second-order valence-corrected chi connectivity index (χ2v) is 6.10. The fourth-order valence-corrected chi connectivity index (χ4v) is 2.62. The van der Waals surface area contributed by atoms with Gasteiger partial charge < -0.3 is 10.2 Å². The van der Waals surface area contributed by atoms with Gasteiger partial charge in [-0.3, -0.25) is 4.79 Å². The van der Waals surface area contributed by atoms with Gasteiger partial charge in [0.25, 0.3) is 0 Å². The molecule has 3 rings (SSSR count). The first-order valence-electron chi connectivity index (χ1n) is 6.87. The molecule has 0 aliphatic heterocycles. The SMILES string of the molecule is Cc1cnc(NC(=O)CN(C)c2cc(-n3cccn3)ncn2)s1. The Labute approximate surface area is 136 Å². The van der Waals surface area contributed by atoms with E-state index in [1.807, 2.05) is 13.0 Å². The normalized spacial score (nSPS) is 10.5. The molecular formula is C14H15N7OS. The average Bonchev–Trinajstić information content (AvgIpc) is 3.19. The number of carbonyl (C=O) groups is 1. The largest absolute Gasteiger partial charge is 0.350 e. The van der Waals surface area contributed by atoms with Crippen LogP contribution in [0.3, 0.4) is 0 Å². The Morgan fingerprint density at radius 1 is 1.39 bits per heavy atom. The molecule has 1 amide bonds. The first kappa shape index (κ1) is 15.1. The molecule has 3 aromatic rings. The highest BCUT2D eigenvalue weighted by Crippen LogP contribution is 2.17. The van der Waals surface area contributed by atoms with Crippen molar-refractivity contribution >= 4 is 28.2 Å². The fourth-order valence-electron chi connectivity index (χ4n) is 1.94. The van der Waals surface area contributed by atoms with Crippen molar-refractivity contribution in [2.24, 2.45) is 0 Å². The van der Waals surface area contributed by atoms with E-state index in [1.165, 1.54) is 17.7 Å². The van der Waals surface area contributed by atoms with Gasteiger partial charge in [-0.2, -0.15) is 5.10 Å². The number of hydrogen-bond acceptors (Lipinski definition) is 7. The Morgan fingerprint density at radius 3 is 2.96 bits per heavy atom. The fraction of sp³-hybridized carbons (Fsp3) is 0.214. The van der Waals surface area contributed by atoms with Gasteiger partial charge in [0.2, 0.25) is 5.91 Å². The smallest absolute Gasteiger partial charge is 0.245 e. The second-order valence-electron chi connectivity index (χ2n) is 4.87. The third-order valence-electron chi connectivity index (χ3n) is 3.02. The third-order valence-corrected chi connectivity index (χ3v) is 3.85. The summed E-state index contributed by atoms with van der Waals surface area (Å²) in [7, 11) is 1.79. The van der Waals surface area contributed by atoms with Crippen LogP contribution >= 0.6 is 11.3 Å². The summed E-state index contributed by atoms with van der Waals surface area (Å²) in [6, 6.07) is 3.59. The van der Waals surface area contributed by atoms with E-state index in [0.29, 0.717) is 16.8 Å². The van der Waals surface area contributed by atoms with E-state index in [9.17, 15) is 4.79 Å². The minimum Gasteiger partial charge on any atom is -0.350 e. The predicted octanol–water partition coefficient (Wildman–Crippen LogP) is 1.50. The highest BCUT2D eigenvalue weighted by Gasteiger charge is 2.11. The summed E-state index contributed by atoms with van der Waals surface area (Å²) in [5, 5.41) is 7.50. The summed E-state index contributed by atoms with van der Waals surface area (Å²) in [5.74, 6) is 1.12. The minimum absolute atomic E-state index is 0.152. The van der Waals surface area contributed by atoms with Crippen molar-refractivity contribution in [2.45, 2.75) is 6.92 Å². The highest BCUT2D eigenvalue weighted by atomic mass is 32.1. The zero-order valence-corrected chi connectivity index (χ0v) is 13.5. The maximum absolute atomic E-state index is 12.1. The molecule has 0 fully saturated rings. The molecule has 9 heteroatoms. The van der Waals surface area contributed by atoms with Gasteiger partial charge in [-0.05, 0) is 13.0 Å². The van der Waals surface area contributed by atoms with Gasteiger partial charge in [0.05, 0.1) is 6.54 Å². The quantitative estimate of drug-likeness (QED) is 0.763. The average molecular weight is 329 g/mol. The Kier molecular flexibility index (Phi) is 4.29. The molecular weight excluding hydrogens is 314 g/mol. The van der Waals surface area contributed by atoms with Crippen LogP contribution in [-0.2, 0) is 4.79 Å². The minimum atomic E-state index is -0.152. The van der Waals surface area contributed by atoms with Crippen LogP contribution in [-0.4, -0.2) is 44.2 Å². The molecule has 8 nitrogen and oxygen atoms in total. The molecule has 1 N–H and O–H groups in total. The summed E-state index contributed by atoms with van der Waals surface area (Å²) in [6.07, 6.45) is 6.65. The number of likely N-dealkylation sites (N-methyl/N-ethyl adjacent to an activating group) is 1. The van der Waals surface area contributed by atoms with Crippen LogP contribution in [0.5, 0.6) is 0 Å². The summed E-state index contributed by atoms with van der Waals surface area (Å²) < 4.78 is 1.64.